The highest BCUT2D eigenvalue weighted by Gasteiger charge is 2.15. The lowest BCUT2D eigenvalue weighted by Crippen LogP contribution is -2.43. The highest BCUT2D eigenvalue weighted by molar-refractivity contribution is 5.72. The van der Waals surface area contributed by atoms with E-state index in [1.807, 2.05) is 0 Å². The summed E-state index contributed by atoms with van der Waals surface area (Å²) in [6.45, 7) is 4.41. The Labute approximate surface area is 108 Å². The van der Waals surface area contributed by atoms with Gasteiger partial charge in [-0.1, -0.05) is 0 Å². The molecule has 0 bridgehead atoms. The maximum atomic E-state index is 11.4. The molecule has 3 N–H and O–H groups in total. The molecule has 0 aromatic rings. The van der Waals surface area contributed by atoms with Crippen LogP contribution in [0.5, 0.6) is 0 Å². The predicted molar refractivity (Wildman–Crippen MR) is 68.3 cm³/mol. The number of alkyl carbamates (subject to hydrolysis) is 1. The van der Waals surface area contributed by atoms with E-state index in [0.29, 0.717) is 13.2 Å². The van der Waals surface area contributed by atoms with Crippen LogP contribution in [0.15, 0.2) is 0 Å². The monoisotopic (exact) mass is 257 g/mol. The van der Waals surface area contributed by atoms with Crippen molar-refractivity contribution in [1.29, 1.82) is 0 Å². The molecule has 2 amide bonds. The number of rotatable bonds is 6. The molecule has 1 saturated heterocycles. The van der Waals surface area contributed by atoms with Gasteiger partial charge < -0.3 is 20.7 Å². The van der Waals surface area contributed by atoms with Crippen molar-refractivity contribution in [3.05, 3.63) is 0 Å². The first-order valence-electron chi connectivity index (χ1n) is 6.57. The van der Waals surface area contributed by atoms with Gasteiger partial charge in [-0.05, 0) is 38.8 Å². The SMILES string of the molecule is CC(=O)NCCCCOC(=O)NC1CCNCC1. The van der Waals surface area contributed by atoms with Gasteiger partial charge in [0.15, 0.2) is 0 Å². The van der Waals surface area contributed by atoms with Crippen LogP contribution in [0.2, 0.25) is 0 Å². The van der Waals surface area contributed by atoms with Crippen LogP contribution in [0.1, 0.15) is 32.6 Å². The first kappa shape index (κ1) is 14.8. The Kier molecular flexibility index (Phi) is 7.17. The van der Waals surface area contributed by atoms with Crippen molar-refractivity contribution >= 4 is 12.0 Å². The molecule has 1 heterocycles. The first-order chi connectivity index (χ1) is 8.68. The number of hydrogen-bond acceptors (Lipinski definition) is 4. The topological polar surface area (TPSA) is 79.5 Å². The molecular weight excluding hydrogens is 234 g/mol. The van der Waals surface area contributed by atoms with E-state index in [1.54, 1.807) is 0 Å². The summed E-state index contributed by atoms with van der Waals surface area (Å²) in [6.07, 6.45) is 3.16. The number of unbranched alkanes of at least 4 members (excludes halogenated alkanes) is 1. The highest BCUT2D eigenvalue weighted by atomic mass is 16.5. The molecule has 0 radical (unpaired) electrons. The van der Waals surface area contributed by atoms with Crippen molar-refractivity contribution in [3.63, 3.8) is 0 Å². The van der Waals surface area contributed by atoms with Crippen LogP contribution in [-0.2, 0) is 9.53 Å². The van der Waals surface area contributed by atoms with Crippen molar-refractivity contribution < 1.29 is 14.3 Å². The molecular formula is C12H23N3O3. The molecule has 6 heteroatoms. The fourth-order valence-electron chi connectivity index (χ4n) is 1.83. The smallest absolute Gasteiger partial charge is 0.407 e. The van der Waals surface area contributed by atoms with Gasteiger partial charge in [0.05, 0.1) is 6.61 Å². The molecule has 0 saturated carbocycles. The lowest BCUT2D eigenvalue weighted by Gasteiger charge is -2.23. The summed E-state index contributed by atoms with van der Waals surface area (Å²) in [5.74, 6) is -0.0282. The maximum absolute atomic E-state index is 11.4. The van der Waals surface area contributed by atoms with Gasteiger partial charge in [-0.3, -0.25) is 4.79 Å². The van der Waals surface area contributed by atoms with E-state index in [4.69, 9.17) is 4.74 Å². The standard InChI is InChI=1S/C12H23N3O3/c1-10(16)14-6-2-3-9-18-12(17)15-11-4-7-13-8-5-11/h11,13H,2-9H2,1H3,(H,14,16)(H,15,17). The highest BCUT2D eigenvalue weighted by Crippen LogP contribution is 2.02. The summed E-state index contributed by atoms with van der Waals surface area (Å²) in [4.78, 5) is 22.0. The fraction of sp³-hybridized carbons (Fsp3) is 0.833. The van der Waals surface area contributed by atoms with Gasteiger partial charge >= 0.3 is 6.09 Å². The average Bonchev–Trinajstić information content (AvgIpc) is 2.34. The minimum absolute atomic E-state index is 0.0282. The number of carbonyl (C=O) groups excluding carboxylic acids is 2. The van der Waals surface area contributed by atoms with E-state index in [1.165, 1.54) is 6.92 Å². The summed E-state index contributed by atoms with van der Waals surface area (Å²) < 4.78 is 5.07. The lowest BCUT2D eigenvalue weighted by atomic mass is 10.1. The second kappa shape index (κ2) is 8.74. The Bertz CT molecular complexity index is 265. The summed E-state index contributed by atoms with van der Waals surface area (Å²) in [7, 11) is 0. The predicted octanol–water partition coefficient (Wildman–Crippen LogP) is 0.381. The molecule has 1 rings (SSSR count). The third kappa shape index (κ3) is 7.11. The number of ether oxygens (including phenoxy) is 1. The summed E-state index contributed by atoms with van der Waals surface area (Å²) in [6, 6.07) is 0.234. The first-order valence-corrected chi connectivity index (χ1v) is 6.57. The Morgan fingerprint density at radius 3 is 2.67 bits per heavy atom. The Morgan fingerprint density at radius 2 is 2.00 bits per heavy atom. The number of hydrogen-bond donors (Lipinski definition) is 3. The Balaban J connectivity index is 1.94. The summed E-state index contributed by atoms with van der Waals surface area (Å²) in [5.41, 5.74) is 0. The van der Waals surface area contributed by atoms with Crippen LogP contribution >= 0.6 is 0 Å². The van der Waals surface area contributed by atoms with E-state index in [2.05, 4.69) is 16.0 Å². The molecule has 1 fully saturated rings. The Hall–Kier alpha value is -1.30. The van der Waals surface area contributed by atoms with Gasteiger partial charge in [0.2, 0.25) is 5.91 Å². The molecule has 0 aromatic heterocycles. The molecule has 1 aliphatic heterocycles. The second-order valence-corrected chi connectivity index (χ2v) is 4.49. The summed E-state index contributed by atoms with van der Waals surface area (Å²) >= 11 is 0. The molecule has 104 valence electrons. The van der Waals surface area contributed by atoms with Crippen LogP contribution in [0.3, 0.4) is 0 Å². The van der Waals surface area contributed by atoms with Crippen molar-refractivity contribution in [2.24, 2.45) is 0 Å². The molecule has 0 atom stereocenters. The van der Waals surface area contributed by atoms with E-state index >= 15 is 0 Å². The quantitative estimate of drug-likeness (QED) is 0.601. The third-order valence-corrected chi connectivity index (χ3v) is 2.84. The number of piperidine rings is 1. The minimum Gasteiger partial charge on any atom is -0.450 e. The largest absolute Gasteiger partial charge is 0.450 e. The number of nitrogens with one attached hydrogen (secondary N) is 3. The van der Waals surface area contributed by atoms with E-state index in [-0.39, 0.29) is 18.0 Å². The van der Waals surface area contributed by atoms with Gasteiger partial charge in [0.25, 0.3) is 0 Å². The zero-order valence-corrected chi connectivity index (χ0v) is 11.0. The van der Waals surface area contributed by atoms with E-state index in [9.17, 15) is 9.59 Å². The van der Waals surface area contributed by atoms with Gasteiger partial charge in [0, 0.05) is 19.5 Å². The molecule has 0 spiro atoms. The fourth-order valence-corrected chi connectivity index (χ4v) is 1.83. The second-order valence-electron chi connectivity index (χ2n) is 4.49. The van der Waals surface area contributed by atoms with Crippen LogP contribution in [0.25, 0.3) is 0 Å². The molecule has 18 heavy (non-hydrogen) atoms. The van der Waals surface area contributed by atoms with Crippen LogP contribution in [0.4, 0.5) is 4.79 Å². The molecule has 0 aliphatic carbocycles. The maximum Gasteiger partial charge on any atom is 0.407 e. The van der Waals surface area contributed by atoms with E-state index in [0.717, 1.165) is 38.8 Å². The van der Waals surface area contributed by atoms with Crippen molar-refractivity contribution in [1.82, 2.24) is 16.0 Å². The van der Waals surface area contributed by atoms with Crippen LogP contribution in [0, 0.1) is 0 Å². The Morgan fingerprint density at radius 1 is 1.28 bits per heavy atom. The van der Waals surface area contributed by atoms with Gasteiger partial charge in [-0.2, -0.15) is 0 Å². The van der Waals surface area contributed by atoms with E-state index < -0.39 is 0 Å². The number of amides is 2. The third-order valence-electron chi connectivity index (χ3n) is 2.84. The molecule has 0 unspecified atom stereocenters. The average molecular weight is 257 g/mol. The van der Waals surface area contributed by atoms with Crippen molar-refractivity contribution in [2.75, 3.05) is 26.2 Å². The normalized spacial score (nSPS) is 16.1. The van der Waals surface area contributed by atoms with Crippen molar-refractivity contribution in [3.8, 4) is 0 Å². The van der Waals surface area contributed by atoms with Gasteiger partial charge in [0.1, 0.15) is 0 Å². The summed E-state index contributed by atoms with van der Waals surface area (Å²) in [5, 5.41) is 8.79. The zero-order valence-electron chi connectivity index (χ0n) is 11.0. The zero-order chi connectivity index (χ0) is 13.2. The molecule has 6 nitrogen and oxygen atoms in total. The van der Waals surface area contributed by atoms with Gasteiger partial charge in [-0.25, -0.2) is 4.79 Å². The minimum atomic E-state index is -0.332. The lowest BCUT2D eigenvalue weighted by molar-refractivity contribution is -0.118. The molecule has 1 aliphatic rings. The van der Waals surface area contributed by atoms with Crippen LogP contribution in [-0.4, -0.2) is 44.3 Å². The van der Waals surface area contributed by atoms with Crippen LogP contribution < -0.4 is 16.0 Å². The van der Waals surface area contributed by atoms with Crippen molar-refractivity contribution in [2.45, 2.75) is 38.6 Å². The van der Waals surface area contributed by atoms with Gasteiger partial charge in [-0.15, -0.1) is 0 Å². The number of carbonyl (C=O) groups is 2. The molecule has 0 aromatic carbocycles.